The van der Waals surface area contributed by atoms with Gasteiger partial charge >= 0.3 is 5.82 Å². The van der Waals surface area contributed by atoms with E-state index in [1.807, 2.05) is 0 Å². The molecule has 0 atom stereocenters. The van der Waals surface area contributed by atoms with Gasteiger partial charge in [-0.1, -0.05) is 24.7 Å². The normalized spacial score (nSPS) is 11.8. The van der Waals surface area contributed by atoms with Crippen molar-refractivity contribution in [2.45, 2.75) is 39.0 Å². The van der Waals surface area contributed by atoms with Crippen molar-refractivity contribution >= 4 is 13.9 Å². The maximum Gasteiger partial charge on any atom is 0.347 e. The van der Waals surface area contributed by atoms with Gasteiger partial charge in [-0.05, 0) is 11.0 Å². The molecule has 0 radical (unpaired) electrons. The molecule has 0 aliphatic carbocycles. The summed E-state index contributed by atoms with van der Waals surface area (Å²) >= 11 is 0. The van der Waals surface area contributed by atoms with Gasteiger partial charge in [0.25, 0.3) is 0 Å². The topological polar surface area (TPSA) is 79.4 Å². The zero-order valence-electron chi connectivity index (χ0n) is 11.9. The molecule has 8 heteroatoms. The summed E-state index contributed by atoms with van der Waals surface area (Å²) in [4.78, 5) is 10.4. The van der Waals surface area contributed by atoms with E-state index in [2.05, 4.69) is 24.7 Å². The van der Waals surface area contributed by atoms with Gasteiger partial charge in [-0.25, -0.2) is 0 Å². The van der Waals surface area contributed by atoms with Crippen LogP contribution in [0.25, 0.3) is 0 Å². The Labute approximate surface area is 113 Å². The Morgan fingerprint density at radius 1 is 1.47 bits per heavy atom. The van der Waals surface area contributed by atoms with Crippen LogP contribution >= 0.6 is 0 Å². The third-order valence-corrected chi connectivity index (χ3v) is 4.20. The average Bonchev–Trinajstić information content (AvgIpc) is 2.67. The molecule has 0 saturated carbocycles. The first-order valence-electron chi connectivity index (χ1n) is 6.11. The predicted octanol–water partition coefficient (Wildman–Crippen LogP) is 2.25. The number of hydrogen-bond acceptors (Lipinski definition) is 5. The first-order chi connectivity index (χ1) is 8.83. The van der Waals surface area contributed by atoms with E-state index in [4.69, 9.17) is 9.47 Å². The fourth-order valence-corrected chi connectivity index (χ4v) is 2.21. The molecule has 0 bridgehead atoms. The van der Waals surface area contributed by atoms with Crippen molar-refractivity contribution in [3.63, 3.8) is 0 Å². The van der Waals surface area contributed by atoms with Crippen LogP contribution in [0, 0.1) is 10.1 Å². The highest BCUT2D eigenvalue weighted by molar-refractivity contribution is 6.76. The van der Waals surface area contributed by atoms with Crippen LogP contribution in [0.4, 0.5) is 5.82 Å². The van der Waals surface area contributed by atoms with E-state index >= 15 is 0 Å². The quantitative estimate of drug-likeness (QED) is 0.317. The van der Waals surface area contributed by atoms with Crippen molar-refractivity contribution in [3.05, 3.63) is 21.9 Å². The van der Waals surface area contributed by atoms with Crippen molar-refractivity contribution in [1.29, 1.82) is 0 Å². The van der Waals surface area contributed by atoms with E-state index in [1.54, 1.807) is 0 Å². The van der Waals surface area contributed by atoms with Crippen LogP contribution in [0.2, 0.25) is 25.7 Å². The molecule has 0 aromatic carbocycles. The van der Waals surface area contributed by atoms with Gasteiger partial charge in [0.1, 0.15) is 5.69 Å². The van der Waals surface area contributed by atoms with Gasteiger partial charge in [0.2, 0.25) is 6.73 Å². The van der Waals surface area contributed by atoms with Crippen LogP contribution in [0.15, 0.2) is 6.07 Å². The lowest BCUT2D eigenvalue weighted by molar-refractivity contribution is -0.393. The van der Waals surface area contributed by atoms with E-state index in [9.17, 15) is 10.1 Å². The summed E-state index contributed by atoms with van der Waals surface area (Å²) in [6, 6.07) is 2.43. The highest BCUT2D eigenvalue weighted by Crippen LogP contribution is 2.15. The molecule has 1 heterocycles. The smallest absolute Gasteiger partial charge is 0.347 e. The molecule has 0 amide bonds. The Kier molecular flexibility index (Phi) is 5.64. The lowest BCUT2D eigenvalue weighted by Gasteiger charge is -2.14. The lowest BCUT2D eigenvalue weighted by Crippen LogP contribution is -2.22. The monoisotopic (exact) mass is 287 g/mol. The van der Waals surface area contributed by atoms with Crippen LogP contribution in [-0.4, -0.2) is 36.5 Å². The molecule has 1 rings (SSSR count). The molecule has 0 aliphatic heterocycles. The summed E-state index contributed by atoms with van der Waals surface area (Å²) in [7, 11) is 0.376. The first kappa shape index (κ1) is 15.8. The second-order valence-electron chi connectivity index (χ2n) is 5.53. The van der Waals surface area contributed by atoms with Crippen molar-refractivity contribution in [3.8, 4) is 0 Å². The number of nitrogens with zero attached hydrogens (tertiary/aromatic N) is 3. The van der Waals surface area contributed by atoms with Gasteiger partial charge in [0.05, 0.1) is 12.7 Å². The molecule has 1 aromatic rings. The molecule has 0 aliphatic rings. The molecule has 1 aromatic heterocycles. The van der Waals surface area contributed by atoms with Crippen LogP contribution in [-0.2, 0) is 22.8 Å². The Balaban J connectivity index is 2.58. The van der Waals surface area contributed by atoms with Crippen molar-refractivity contribution < 1.29 is 14.4 Å². The number of aromatic nitrogens is 2. The fraction of sp³-hybridized carbons (Fsp3) is 0.727. The van der Waals surface area contributed by atoms with Crippen LogP contribution in [0.3, 0.4) is 0 Å². The second-order valence-corrected chi connectivity index (χ2v) is 11.2. The molecule has 0 N–H and O–H groups in total. The van der Waals surface area contributed by atoms with Crippen LogP contribution in [0.1, 0.15) is 5.69 Å². The molecular weight excluding hydrogens is 266 g/mol. The largest absolute Gasteiger partial charge is 0.378 e. The molecule has 0 fully saturated rings. The zero-order chi connectivity index (χ0) is 14.5. The highest BCUT2D eigenvalue weighted by Gasteiger charge is 2.19. The average molecular weight is 287 g/mol. The lowest BCUT2D eigenvalue weighted by atomic mass is 10.4. The summed E-state index contributed by atoms with van der Waals surface area (Å²) in [5.41, 5.74) is 0.531. The standard InChI is InChI=1S/C11H21N3O4Si/c1-17-8-10-7-11(14(15)16)13(12-10)9-18-5-6-19(2,3)4/h7H,5-6,8-9H2,1-4H3. The zero-order valence-corrected chi connectivity index (χ0v) is 12.9. The van der Waals surface area contributed by atoms with Crippen molar-refractivity contribution in [2.24, 2.45) is 0 Å². The minimum atomic E-state index is -1.15. The van der Waals surface area contributed by atoms with E-state index in [1.165, 1.54) is 17.9 Å². The number of hydrogen-bond donors (Lipinski definition) is 0. The molecule has 19 heavy (non-hydrogen) atoms. The molecule has 108 valence electrons. The number of nitro groups is 1. The molecule has 0 spiro atoms. The van der Waals surface area contributed by atoms with Gasteiger partial charge in [-0.15, -0.1) is 4.68 Å². The minimum Gasteiger partial charge on any atom is -0.378 e. The Bertz CT molecular complexity index is 428. The molecule has 0 unspecified atom stereocenters. The Morgan fingerprint density at radius 3 is 2.68 bits per heavy atom. The maximum atomic E-state index is 10.9. The first-order valence-corrected chi connectivity index (χ1v) is 9.82. The summed E-state index contributed by atoms with van der Waals surface area (Å²) in [6.07, 6.45) is 0. The minimum absolute atomic E-state index is 0.0694. The van der Waals surface area contributed by atoms with Crippen LogP contribution in [0.5, 0.6) is 0 Å². The third-order valence-electron chi connectivity index (χ3n) is 2.50. The summed E-state index contributed by atoms with van der Waals surface area (Å²) in [5, 5.41) is 15.0. The summed E-state index contributed by atoms with van der Waals surface area (Å²) < 4.78 is 11.6. The van der Waals surface area contributed by atoms with Crippen LogP contribution < -0.4 is 0 Å². The number of ether oxygens (including phenoxy) is 2. The van der Waals surface area contributed by atoms with Gasteiger partial charge in [-0.3, -0.25) is 0 Å². The predicted molar refractivity (Wildman–Crippen MR) is 73.7 cm³/mol. The fourth-order valence-electron chi connectivity index (χ4n) is 1.45. The maximum absolute atomic E-state index is 10.9. The molecular formula is C11H21N3O4Si. The van der Waals surface area contributed by atoms with E-state index in [-0.39, 0.29) is 19.2 Å². The number of rotatable bonds is 8. The van der Waals surface area contributed by atoms with E-state index in [0.29, 0.717) is 12.3 Å². The van der Waals surface area contributed by atoms with Crippen molar-refractivity contribution in [2.75, 3.05) is 13.7 Å². The third kappa shape index (κ3) is 5.49. The molecule has 7 nitrogen and oxygen atoms in total. The number of methoxy groups -OCH3 is 1. The van der Waals surface area contributed by atoms with Crippen molar-refractivity contribution in [1.82, 2.24) is 9.78 Å². The molecule has 0 saturated heterocycles. The SMILES string of the molecule is COCc1cc([N+](=O)[O-])n(COCC[Si](C)(C)C)n1. The Morgan fingerprint density at radius 2 is 2.16 bits per heavy atom. The summed E-state index contributed by atoms with van der Waals surface area (Å²) in [5.74, 6) is -0.0694. The Hall–Kier alpha value is -1.25. The summed E-state index contributed by atoms with van der Waals surface area (Å²) in [6.45, 7) is 7.72. The van der Waals surface area contributed by atoms with E-state index in [0.717, 1.165) is 6.04 Å². The second kappa shape index (κ2) is 6.78. The van der Waals surface area contributed by atoms with Gasteiger partial charge in [-0.2, -0.15) is 0 Å². The van der Waals surface area contributed by atoms with Gasteiger partial charge in [0.15, 0.2) is 0 Å². The van der Waals surface area contributed by atoms with Gasteiger partial charge < -0.3 is 19.6 Å². The van der Waals surface area contributed by atoms with E-state index < -0.39 is 13.0 Å². The van der Waals surface area contributed by atoms with Gasteiger partial charge in [0, 0.05) is 21.8 Å². The highest BCUT2D eigenvalue weighted by atomic mass is 28.3.